The average molecular weight is 402 g/mol. The number of benzene rings is 1. The van der Waals surface area contributed by atoms with Crippen molar-refractivity contribution in [3.05, 3.63) is 75.5 Å². The molecule has 152 valence electrons. The Kier molecular flexibility index (Phi) is 4.27. The molecule has 8 nitrogen and oxygen atoms in total. The molecule has 1 N–H and O–H groups in total. The van der Waals surface area contributed by atoms with Gasteiger partial charge in [-0.15, -0.1) is 0 Å². The zero-order chi connectivity index (χ0) is 20.8. The number of hydrogen-bond donors (Lipinski definition) is 1. The Morgan fingerprint density at radius 2 is 1.90 bits per heavy atom. The topological polar surface area (TPSA) is 88.3 Å². The number of rotatable bonds is 2. The Hall–Kier alpha value is -3.68. The molecule has 1 aliphatic heterocycles. The van der Waals surface area contributed by atoms with Gasteiger partial charge in [-0.3, -0.25) is 19.4 Å². The summed E-state index contributed by atoms with van der Waals surface area (Å²) < 4.78 is 3.24. The first-order chi connectivity index (χ1) is 14.5. The van der Waals surface area contributed by atoms with E-state index in [-0.39, 0.29) is 17.0 Å². The van der Waals surface area contributed by atoms with Gasteiger partial charge in [-0.1, -0.05) is 30.3 Å². The number of aryl methyl sites for hydroxylation is 2. The lowest BCUT2D eigenvalue weighted by molar-refractivity contribution is 0.0760. The summed E-state index contributed by atoms with van der Waals surface area (Å²) >= 11 is 0. The van der Waals surface area contributed by atoms with Gasteiger partial charge >= 0.3 is 0 Å². The Morgan fingerprint density at radius 1 is 1.13 bits per heavy atom. The third-order valence-electron chi connectivity index (χ3n) is 5.71. The lowest BCUT2D eigenvalue weighted by Gasteiger charge is -2.20. The van der Waals surface area contributed by atoms with Crippen LogP contribution in [0.3, 0.4) is 0 Å². The van der Waals surface area contributed by atoms with Gasteiger partial charge in [-0.2, -0.15) is 5.10 Å². The van der Waals surface area contributed by atoms with Crippen molar-refractivity contribution in [2.45, 2.75) is 19.8 Å². The second-order valence-corrected chi connectivity index (χ2v) is 7.67. The highest BCUT2D eigenvalue weighted by Gasteiger charge is 2.26. The summed E-state index contributed by atoms with van der Waals surface area (Å²) in [5.74, 6) is -0.281. The molecule has 4 aromatic rings. The first kappa shape index (κ1) is 18.4. The maximum Gasteiger partial charge on any atom is 0.285 e. The molecule has 30 heavy (non-hydrogen) atoms. The van der Waals surface area contributed by atoms with Gasteiger partial charge in [0, 0.05) is 61.3 Å². The van der Waals surface area contributed by atoms with E-state index in [9.17, 15) is 9.59 Å². The number of fused-ring (bicyclic) bond motifs is 2. The number of carbonyl (C=O) groups is 1. The maximum atomic E-state index is 13.2. The molecular formula is C22H22N6O2. The van der Waals surface area contributed by atoms with Crippen LogP contribution in [0.1, 0.15) is 27.3 Å². The number of H-pyrrole nitrogens is 1. The van der Waals surface area contributed by atoms with Crippen LogP contribution >= 0.6 is 0 Å². The highest BCUT2D eigenvalue weighted by atomic mass is 16.2. The summed E-state index contributed by atoms with van der Waals surface area (Å²) in [4.78, 5) is 32.0. The van der Waals surface area contributed by atoms with Crippen molar-refractivity contribution in [2.75, 3.05) is 13.1 Å². The van der Waals surface area contributed by atoms with Crippen molar-refractivity contribution in [1.29, 1.82) is 0 Å². The summed E-state index contributed by atoms with van der Waals surface area (Å²) in [5.41, 5.74) is 5.38. The molecule has 8 heteroatoms. The maximum absolute atomic E-state index is 13.2. The summed E-state index contributed by atoms with van der Waals surface area (Å²) in [7, 11) is 1.95. The lowest BCUT2D eigenvalue weighted by atomic mass is 10.0. The molecule has 0 bridgehead atoms. The van der Waals surface area contributed by atoms with E-state index in [0.29, 0.717) is 31.6 Å². The van der Waals surface area contributed by atoms with E-state index < -0.39 is 0 Å². The smallest absolute Gasteiger partial charge is 0.285 e. The van der Waals surface area contributed by atoms with Gasteiger partial charge in [0.25, 0.3) is 11.5 Å². The van der Waals surface area contributed by atoms with E-state index >= 15 is 0 Å². The van der Waals surface area contributed by atoms with Gasteiger partial charge in [0.2, 0.25) is 0 Å². The van der Waals surface area contributed by atoms with Crippen LogP contribution in [-0.2, 0) is 19.9 Å². The van der Waals surface area contributed by atoms with Crippen molar-refractivity contribution in [3.8, 4) is 11.3 Å². The largest absolute Gasteiger partial charge is 0.338 e. The average Bonchev–Trinajstić information content (AvgIpc) is 3.19. The van der Waals surface area contributed by atoms with Crippen LogP contribution < -0.4 is 5.56 Å². The highest BCUT2D eigenvalue weighted by Crippen LogP contribution is 2.28. The van der Waals surface area contributed by atoms with Crippen molar-refractivity contribution in [3.63, 3.8) is 0 Å². The Balaban J connectivity index is 1.45. The van der Waals surface area contributed by atoms with Crippen LogP contribution in [0, 0.1) is 6.92 Å². The molecule has 0 fully saturated rings. The highest BCUT2D eigenvalue weighted by molar-refractivity contribution is 5.93. The number of aromatic amines is 1. The summed E-state index contributed by atoms with van der Waals surface area (Å²) in [6.45, 7) is 2.91. The van der Waals surface area contributed by atoms with Crippen molar-refractivity contribution in [1.82, 2.24) is 29.3 Å². The molecule has 1 amide bonds. The normalized spacial score (nSPS) is 14.0. The van der Waals surface area contributed by atoms with Crippen LogP contribution in [0.2, 0.25) is 0 Å². The number of aromatic nitrogens is 5. The Morgan fingerprint density at radius 3 is 2.70 bits per heavy atom. The molecular weight excluding hydrogens is 380 g/mol. The number of nitrogens with one attached hydrogen (secondary N) is 1. The molecule has 0 unspecified atom stereocenters. The number of hydrogen-bond acceptors (Lipinski definition) is 4. The minimum absolute atomic E-state index is 0.0849. The SMILES string of the molecule is Cc1cc2ncc(C(=O)N3CCc4c(-c5ccccc5)nn(C)c4CC3)c(=O)n2[nH]1. The summed E-state index contributed by atoms with van der Waals surface area (Å²) in [6, 6.07) is 11.9. The molecule has 0 radical (unpaired) electrons. The Labute approximate surface area is 172 Å². The van der Waals surface area contributed by atoms with Gasteiger partial charge < -0.3 is 4.90 Å². The first-order valence-electron chi connectivity index (χ1n) is 10.00. The van der Waals surface area contributed by atoms with Crippen LogP contribution in [0.5, 0.6) is 0 Å². The monoisotopic (exact) mass is 402 g/mol. The van der Waals surface area contributed by atoms with Gasteiger partial charge in [-0.05, 0) is 13.3 Å². The van der Waals surface area contributed by atoms with E-state index in [1.807, 2.05) is 36.9 Å². The molecule has 0 saturated carbocycles. The lowest BCUT2D eigenvalue weighted by Crippen LogP contribution is -2.37. The first-order valence-corrected chi connectivity index (χ1v) is 10.00. The predicted octanol–water partition coefficient (Wildman–Crippen LogP) is 1.97. The minimum Gasteiger partial charge on any atom is -0.338 e. The molecule has 3 aromatic heterocycles. The fourth-order valence-electron chi connectivity index (χ4n) is 4.21. The van der Waals surface area contributed by atoms with E-state index in [4.69, 9.17) is 5.10 Å². The Bertz CT molecular complexity index is 1310. The zero-order valence-electron chi connectivity index (χ0n) is 16.9. The third-order valence-corrected chi connectivity index (χ3v) is 5.71. The van der Waals surface area contributed by atoms with Crippen LogP contribution in [0.15, 0.2) is 47.4 Å². The van der Waals surface area contributed by atoms with E-state index in [1.165, 1.54) is 16.3 Å². The zero-order valence-corrected chi connectivity index (χ0v) is 16.9. The predicted molar refractivity (Wildman–Crippen MR) is 113 cm³/mol. The van der Waals surface area contributed by atoms with Gasteiger partial charge in [0.05, 0.1) is 5.69 Å². The van der Waals surface area contributed by atoms with Crippen LogP contribution in [-0.4, -0.2) is 48.3 Å². The van der Waals surface area contributed by atoms with Gasteiger partial charge in [0.15, 0.2) is 5.65 Å². The molecule has 5 rings (SSSR count). The number of carbonyl (C=O) groups excluding carboxylic acids is 1. The molecule has 4 heterocycles. The number of amides is 1. The van der Waals surface area contributed by atoms with E-state index in [1.54, 1.807) is 11.0 Å². The molecule has 0 saturated heterocycles. The number of nitrogens with zero attached hydrogens (tertiary/aromatic N) is 5. The fourth-order valence-corrected chi connectivity index (χ4v) is 4.21. The standard InChI is InChI=1S/C22H22N6O2/c1-14-12-19-23-13-17(22(30)28(19)24-14)21(29)27-10-8-16-18(9-11-27)26(2)25-20(16)15-6-4-3-5-7-15/h3-7,12-13,24H,8-11H2,1-2H3. The summed E-state index contributed by atoms with van der Waals surface area (Å²) in [6.07, 6.45) is 2.77. The van der Waals surface area contributed by atoms with E-state index in [0.717, 1.165) is 22.6 Å². The van der Waals surface area contributed by atoms with Crippen molar-refractivity contribution < 1.29 is 4.79 Å². The van der Waals surface area contributed by atoms with Crippen molar-refractivity contribution in [2.24, 2.45) is 7.05 Å². The molecule has 0 spiro atoms. The van der Waals surface area contributed by atoms with Crippen LogP contribution in [0.25, 0.3) is 16.9 Å². The molecule has 0 aliphatic carbocycles. The second-order valence-electron chi connectivity index (χ2n) is 7.67. The van der Waals surface area contributed by atoms with Gasteiger partial charge in [0.1, 0.15) is 5.56 Å². The minimum atomic E-state index is -0.369. The van der Waals surface area contributed by atoms with E-state index in [2.05, 4.69) is 22.2 Å². The molecule has 0 atom stereocenters. The summed E-state index contributed by atoms with van der Waals surface area (Å²) in [5, 5.41) is 7.67. The quantitative estimate of drug-likeness (QED) is 0.555. The molecule has 1 aliphatic rings. The van der Waals surface area contributed by atoms with Crippen LogP contribution in [0.4, 0.5) is 0 Å². The third kappa shape index (κ3) is 2.92. The van der Waals surface area contributed by atoms with Gasteiger partial charge in [-0.25, -0.2) is 9.50 Å². The van der Waals surface area contributed by atoms with Crippen molar-refractivity contribution >= 4 is 11.6 Å². The second kappa shape index (κ2) is 6.98. The molecule has 1 aromatic carbocycles. The fraction of sp³-hybridized carbons (Fsp3) is 0.273.